The Hall–Kier alpha value is -1.84. The van der Waals surface area contributed by atoms with Gasteiger partial charge in [0.05, 0.1) is 5.41 Å². The highest BCUT2D eigenvalue weighted by Crippen LogP contribution is 2.75. The van der Waals surface area contributed by atoms with E-state index in [0.29, 0.717) is 18.9 Å². The van der Waals surface area contributed by atoms with Crippen LogP contribution >= 0.6 is 0 Å². The number of likely N-dealkylation sites (tertiary alicyclic amines) is 1. The Labute approximate surface area is 130 Å². The van der Waals surface area contributed by atoms with Gasteiger partial charge in [-0.3, -0.25) is 9.59 Å². The first-order valence-corrected chi connectivity index (χ1v) is 8.30. The summed E-state index contributed by atoms with van der Waals surface area (Å²) in [5.41, 5.74) is 1.23. The highest BCUT2D eigenvalue weighted by atomic mass is 16.2. The number of hydrogen-bond donors (Lipinski definition) is 1. The number of hydrogen-bond acceptors (Lipinski definition) is 2. The topological polar surface area (TPSA) is 49.4 Å². The number of carbonyl (C=O) groups is 2. The fourth-order valence-corrected chi connectivity index (χ4v) is 3.56. The van der Waals surface area contributed by atoms with E-state index >= 15 is 0 Å². The zero-order valence-corrected chi connectivity index (χ0v) is 12.8. The van der Waals surface area contributed by atoms with Crippen molar-refractivity contribution in [1.29, 1.82) is 0 Å². The highest BCUT2D eigenvalue weighted by molar-refractivity contribution is 5.90. The normalized spacial score (nSPS) is 31.5. The molecule has 4 heteroatoms. The summed E-state index contributed by atoms with van der Waals surface area (Å²) >= 11 is 0. The van der Waals surface area contributed by atoms with Gasteiger partial charge in [-0.05, 0) is 37.2 Å². The molecule has 1 saturated heterocycles. The van der Waals surface area contributed by atoms with Crippen LogP contribution in [0.4, 0.5) is 0 Å². The van der Waals surface area contributed by atoms with Gasteiger partial charge in [-0.15, -0.1) is 0 Å². The van der Waals surface area contributed by atoms with Crippen LogP contribution in [0.3, 0.4) is 0 Å². The molecule has 116 valence electrons. The molecule has 2 saturated carbocycles. The van der Waals surface area contributed by atoms with E-state index in [-0.39, 0.29) is 23.3 Å². The minimum atomic E-state index is 0.0325. The van der Waals surface area contributed by atoms with Crippen molar-refractivity contribution in [3.8, 4) is 0 Å². The van der Waals surface area contributed by atoms with Crippen LogP contribution < -0.4 is 5.32 Å². The summed E-state index contributed by atoms with van der Waals surface area (Å²) in [7, 11) is 0. The van der Waals surface area contributed by atoms with Gasteiger partial charge in [-0.1, -0.05) is 30.3 Å². The molecular formula is C18H22N2O2. The Morgan fingerprint density at radius 1 is 1.23 bits per heavy atom. The van der Waals surface area contributed by atoms with Crippen LogP contribution in [0, 0.1) is 11.3 Å². The number of fused-ring (bicyclic) bond motifs is 1. The van der Waals surface area contributed by atoms with E-state index in [1.807, 2.05) is 23.1 Å². The average molecular weight is 298 g/mol. The molecule has 4 rings (SSSR count). The average Bonchev–Trinajstić information content (AvgIpc) is 3.35. The summed E-state index contributed by atoms with van der Waals surface area (Å²) in [4.78, 5) is 26.3. The second-order valence-electron chi connectivity index (χ2n) is 7.05. The van der Waals surface area contributed by atoms with E-state index in [0.717, 1.165) is 32.2 Å². The molecule has 1 atom stereocenters. The summed E-state index contributed by atoms with van der Waals surface area (Å²) in [6.45, 7) is 1.45. The molecule has 0 aromatic heterocycles. The van der Waals surface area contributed by atoms with E-state index in [1.165, 1.54) is 5.56 Å². The lowest BCUT2D eigenvalue weighted by Crippen LogP contribution is -2.40. The molecule has 1 aromatic carbocycles. The van der Waals surface area contributed by atoms with Gasteiger partial charge >= 0.3 is 0 Å². The summed E-state index contributed by atoms with van der Waals surface area (Å²) in [6.07, 6.45) is 4.41. The van der Waals surface area contributed by atoms with Gasteiger partial charge in [0, 0.05) is 25.6 Å². The van der Waals surface area contributed by atoms with Crippen LogP contribution in [0.2, 0.25) is 0 Å². The number of nitrogens with one attached hydrogen (secondary N) is 1. The summed E-state index contributed by atoms with van der Waals surface area (Å²) < 4.78 is 0. The first kappa shape index (κ1) is 13.8. The molecule has 2 aliphatic carbocycles. The molecule has 1 aromatic rings. The molecule has 22 heavy (non-hydrogen) atoms. The lowest BCUT2D eigenvalue weighted by atomic mass is 10.1. The molecule has 1 unspecified atom stereocenters. The minimum absolute atomic E-state index is 0.0325. The van der Waals surface area contributed by atoms with E-state index in [9.17, 15) is 9.59 Å². The summed E-state index contributed by atoms with van der Waals surface area (Å²) in [5, 5.41) is 3.15. The zero-order valence-electron chi connectivity index (χ0n) is 12.8. The van der Waals surface area contributed by atoms with Crippen LogP contribution in [-0.4, -0.2) is 35.8 Å². The molecule has 1 N–H and O–H groups in total. The largest absolute Gasteiger partial charge is 0.351 e. The molecule has 0 radical (unpaired) electrons. The maximum Gasteiger partial charge on any atom is 0.226 e. The fourth-order valence-electron chi connectivity index (χ4n) is 3.56. The number of nitrogens with zero attached hydrogens (tertiary/aromatic N) is 1. The van der Waals surface area contributed by atoms with Crippen LogP contribution in [0.25, 0.3) is 0 Å². The van der Waals surface area contributed by atoms with Crippen molar-refractivity contribution >= 4 is 11.8 Å². The lowest BCUT2D eigenvalue weighted by Gasteiger charge is -2.17. The van der Waals surface area contributed by atoms with Crippen molar-refractivity contribution < 1.29 is 9.59 Å². The molecule has 0 bridgehead atoms. The Morgan fingerprint density at radius 2 is 1.95 bits per heavy atom. The molecule has 1 aliphatic heterocycles. The molecule has 1 heterocycles. The van der Waals surface area contributed by atoms with Crippen molar-refractivity contribution in [2.45, 2.75) is 38.1 Å². The van der Waals surface area contributed by atoms with E-state index in [4.69, 9.17) is 0 Å². The van der Waals surface area contributed by atoms with Crippen molar-refractivity contribution in [2.24, 2.45) is 11.3 Å². The first-order chi connectivity index (χ1) is 10.7. The molecule has 0 spiro atoms. The van der Waals surface area contributed by atoms with Crippen molar-refractivity contribution in [3.63, 3.8) is 0 Å². The van der Waals surface area contributed by atoms with Crippen molar-refractivity contribution in [2.75, 3.05) is 13.1 Å². The summed E-state index contributed by atoms with van der Waals surface area (Å²) in [5.74, 6) is 1.12. The maximum absolute atomic E-state index is 12.3. The fraction of sp³-hybridized carbons (Fsp3) is 0.556. The second-order valence-corrected chi connectivity index (χ2v) is 7.05. The van der Waals surface area contributed by atoms with Gasteiger partial charge in [-0.2, -0.15) is 0 Å². The van der Waals surface area contributed by atoms with Gasteiger partial charge in [0.2, 0.25) is 11.8 Å². The van der Waals surface area contributed by atoms with Crippen molar-refractivity contribution in [1.82, 2.24) is 10.2 Å². The summed E-state index contributed by atoms with van der Waals surface area (Å²) in [6, 6.07) is 10.3. The van der Waals surface area contributed by atoms with Crippen LogP contribution in [0.1, 0.15) is 31.2 Å². The van der Waals surface area contributed by atoms with Gasteiger partial charge in [-0.25, -0.2) is 0 Å². The number of amides is 2. The maximum atomic E-state index is 12.3. The smallest absolute Gasteiger partial charge is 0.226 e. The molecule has 3 fully saturated rings. The predicted octanol–water partition coefficient (Wildman–Crippen LogP) is 1.75. The molecule has 3 aliphatic rings. The third kappa shape index (κ3) is 2.51. The van der Waals surface area contributed by atoms with Gasteiger partial charge in [0.15, 0.2) is 0 Å². The second kappa shape index (κ2) is 5.11. The molecule has 2 amide bonds. The Morgan fingerprint density at radius 3 is 2.64 bits per heavy atom. The number of benzene rings is 1. The van der Waals surface area contributed by atoms with Gasteiger partial charge in [0.25, 0.3) is 0 Å². The highest BCUT2D eigenvalue weighted by Gasteiger charge is 2.74. The quantitative estimate of drug-likeness (QED) is 0.900. The van der Waals surface area contributed by atoms with E-state index < -0.39 is 0 Å². The van der Waals surface area contributed by atoms with Crippen LogP contribution in [0.5, 0.6) is 0 Å². The lowest BCUT2D eigenvalue weighted by molar-refractivity contribution is -0.130. The minimum Gasteiger partial charge on any atom is -0.351 e. The number of rotatable bonds is 5. The standard InChI is InChI=1S/C18H22N2O2/c21-16(7-6-13-4-2-1-3-5-13)20-9-8-15(12-20)19-17(22)18-10-14(18)11-18/h1-5,14-15H,6-12H2,(H,19,22). The molecular weight excluding hydrogens is 276 g/mol. The predicted molar refractivity (Wildman–Crippen MR) is 83.0 cm³/mol. The number of carbonyl (C=O) groups excluding carboxylic acids is 2. The SMILES string of the molecule is O=C(CCc1ccccc1)N1CCC(NC(=O)C23CC2C3)C1. The Balaban J connectivity index is 1.23. The Kier molecular flexibility index (Phi) is 3.21. The zero-order chi connectivity index (χ0) is 15.2. The van der Waals surface area contributed by atoms with Crippen molar-refractivity contribution in [3.05, 3.63) is 35.9 Å². The third-order valence-corrected chi connectivity index (χ3v) is 5.48. The van der Waals surface area contributed by atoms with Crippen LogP contribution in [0.15, 0.2) is 30.3 Å². The number of aryl methyl sites for hydroxylation is 1. The monoisotopic (exact) mass is 298 g/mol. The third-order valence-electron chi connectivity index (χ3n) is 5.48. The van der Waals surface area contributed by atoms with E-state index in [1.54, 1.807) is 0 Å². The Bertz CT molecular complexity index is 592. The van der Waals surface area contributed by atoms with Crippen LogP contribution in [-0.2, 0) is 16.0 Å². The molecule has 4 nitrogen and oxygen atoms in total. The van der Waals surface area contributed by atoms with Gasteiger partial charge < -0.3 is 10.2 Å². The first-order valence-electron chi connectivity index (χ1n) is 8.30. The van der Waals surface area contributed by atoms with E-state index in [2.05, 4.69) is 17.4 Å². The van der Waals surface area contributed by atoms with Gasteiger partial charge in [0.1, 0.15) is 0 Å².